The van der Waals surface area contributed by atoms with E-state index in [9.17, 15) is 12.8 Å². The van der Waals surface area contributed by atoms with Crippen molar-refractivity contribution < 1.29 is 12.8 Å². The van der Waals surface area contributed by atoms with E-state index in [1.54, 1.807) is 30.3 Å². The van der Waals surface area contributed by atoms with Crippen molar-refractivity contribution in [2.45, 2.75) is 13.0 Å². The van der Waals surface area contributed by atoms with E-state index in [4.69, 9.17) is 0 Å². The van der Waals surface area contributed by atoms with Gasteiger partial charge in [-0.3, -0.25) is 4.72 Å². The molecule has 0 radical (unpaired) electrons. The minimum absolute atomic E-state index is 0.00962. The van der Waals surface area contributed by atoms with Crippen LogP contribution in [0.4, 0.5) is 15.9 Å². The molecule has 0 aliphatic carbocycles. The van der Waals surface area contributed by atoms with Gasteiger partial charge in [0.25, 0.3) is 0 Å². The van der Waals surface area contributed by atoms with Gasteiger partial charge in [0.05, 0.1) is 17.6 Å². The van der Waals surface area contributed by atoms with Crippen molar-refractivity contribution >= 4 is 21.5 Å². The van der Waals surface area contributed by atoms with E-state index in [-0.39, 0.29) is 11.6 Å². The second kappa shape index (κ2) is 8.64. The fourth-order valence-electron chi connectivity index (χ4n) is 2.51. The molecule has 2 N–H and O–H groups in total. The average molecular weight is 385 g/mol. The summed E-state index contributed by atoms with van der Waals surface area (Å²) in [4.78, 5) is 4.17. The van der Waals surface area contributed by atoms with E-state index in [1.165, 1.54) is 12.3 Å². The summed E-state index contributed by atoms with van der Waals surface area (Å²) in [6.45, 7) is 0.293. The zero-order valence-corrected chi connectivity index (χ0v) is 15.4. The van der Waals surface area contributed by atoms with Crippen LogP contribution in [0.1, 0.15) is 11.1 Å². The van der Waals surface area contributed by atoms with Crippen molar-refractivity contribution in [2.75, 3.05) is 15.8 Å². The number of benzene rings is 2. The van der Waals surface area contributed by atoms with Gasteiger partial charge in [-0.2, -0.15) is 0 Å². The van der Waals surface area contributed by atoms with Gasteiger partial charge in [0.2, 0.25) is 10.0 Å². The molecule has 1 heterocycles. The molecule has 140 valence electrons. The first kappa shape index (κ1) is 18.8. The van der Waals surface area contributed by atoms with Gasteiger partial charge in [-0.05, 0) is 30.2 Å². The number of nitrogens with one attached hydrogen (secondary N) is 2. The van der Waals surface area contributed by atoms with Crippen LogP contribution in [0, 0.1) is 5.82 Å². The number of anilines is 2. The molecule has 0 spiro atoms. The molecule has 0 unspecified atom stereocenters. The van der Waals surface area contributed by atoms with Gasteiger partial charge < -0.3 is 5.32 Å². The number of nitrogens with zero attached hydrogens (tertiary/aromatic N) is 1. The summed E-state index contributed by atoms with van der Waals surface area (Å²) < 4.78 is 40.5. The predicted molar refractivity (Wildman–Crippen MR) is 106 cm³/mol. The van der Waals surface area contributed by atoms with Gasteiger partial charge in [0, 0.05) is 12.1 Å². The van der Waals surface area contributed by atoms with Crippen LogP contribution in [-0.2, 0) is 23.0 Å². The highest BCUT2D eigenvalue weighted by Crippen LogP contribution is 2.14. The highest BCUT2D eigenvalue weighted by atomic mass is 32.2. The van der Waals surface area contributed by atoms with Crippen LogP contribution in [0.25, 0.3) is 0 Å². The number of pyridine rings is 1. The van der Waals surface area contributed by atoms with Crippen LogP contribution >= 0.6 is 0 Å². The highest BCUT2D eigenvalue weighted by molar-refractivity contribution is 7.92. The first-order chi connectivity index (χ1) is 13.0. The Morgan fingerprint density at radius 2 is 1.67 bits per heavy atom. The molecule has 5 nitrogen and oxygen atoms in total. The summed E-state index contributed by atoms with van der Waals surface area (Å²) in [6, 6.07) is 19.2. The van der Waals surface area contributed by atoms with Gasteiger partial charge >= 0.3 is 0 Å². The lowest BCUT2D eigenvalue weighted by molar-refractivity contribution is 0.600. The molecule has 1 aromatic heterocycles. The maximum atomic E-state index is 13.6. The van der Waals surface area contributed by atoms with Crippen LogP contribution in [-0.4, -0.2) is 19.2 Å². The predicted octanol–water partition coefficient (Wildman–Crippen LogP) is 3.82. The molecule has 0 aliphatic rings. The summed E-state index contributed by atoms with van der Waals surface area (Å²) in [5.74, 6) is 0.239. The SMILES string of the molecule is O=S(=O)(CCc1ccccc1)Nc1ccc(NCc2ccccc2F)nc1. The van der Waals surface area contributed by atoms with Gasteiger partial charge in [-0.15, -0.1) is 0 Å². The van der Waals surface area contributed by atoms with Gasteiger partial charge in [0.15, 0.2) is 0 Å². The molecule has 3 aromatic rings. The third-order valence-electron chi connectivity index (χ3n) is 3.96. The fraction of sp³-hybridized carbons (Fsp3) is 0.150. The van der Waals surface area contributed by atoms with E-state index in [0.29, 0.717) is 30.0 Å². The Bertz CT molecular complexity index is 978. The molecule has 27 heavy (non-hydrogen) atoms. The van der Waals surface area contributed by atoms with E-state index < -0.39 is 10.0 Å². The zero-order valence-electron chi connectivity index (χ0n) is 14.6. The van der Waals surface area contributed by atoms with Gasteiger partial charge in [-0.25, -0.2) is 17.8 Å². The lowest BCUT2D eigenvalue weighted by atomic mass is 10.2. The average Bonchev–Trinajstić information content (AvgIpc) is 2.68. The summed E-state index contributed by atoms with van der Waals surface area (Å²) >= 11 is 0. The molecular weight excluding hydrogens is 365 g/mol. The van der Waals surface area contributed by atoms with Crippen molar-refractivity contribution in [1.29, 1.82) is 0 Å². The van der Waals surface area contributed by atoms with E-state index in [2.05, 4.69) is 15.0 Å². The van der Waals surface area contributed by atoms with Crippen molar-refractivity contribution in [3.8, 4) is 0 Å². The molecule has 0 saturated heterocycles. The second-order valence-corrected chi connectivity index (χ2v) is 7.88. The van der Waals surface area contributed by atoms with Crippen LogP contribution in [0.15, 0.2) is 72.9 Å². The summed E-state index contributed by atoms with van der Waals surface area (Å²) in [5.41, 5.74) is 1.89. The molecular formula is C20H20FN3O2S. The largest absolute Gasteiger partial charge is 0.366 e. The van der Waals surface area contributed by atoms with Crippen molar-refractivity contribution in [3.63, 3.8) is 0 Å². The van der Waals surface area contributed by atoms with Crippen LogP contribution < -0.4 is 10.0 Å². The molecule has 0 aliphatic heterocycles. The molecule has 0 atom stereocenters. The first-order valence-corrected chi connectivity index (χ1v) is 10.1. The molecule has 0 saturated carbocycles. The molecule has 7 heteroatoms. The highest BCUT2D eigenvalue weighted by Gasteiger charge is 2.11. The third kappa shape index (κ3) is 5.79. The maximum Gasteiger partial charge on any atom is 0.233 e. The van der Waals surface area contributed by atoms with E-state index in [1.807, 2.05) is 30.3 Å². The number of rotatable bonds is 8. The maximum absolute atomic E-state index is 13.6. The number of halogens is 1. The normalized spacial score (nSPS) is 11.1. The Hall–Kier alpha value is -2.93. The van der Waals surface area contributed by atoms with Gasteiger partial charge in [-0.1, -0.05) is 48.5 Å². The van der Waals surface area contributed by atoms with Crippen LogP contribution in [0.3, 0.4) is 0 Å². The van der Waals surface area contributed by atoms with Crippen LogP contribution in [0.5, 0.6) is 0 Å². The monoisotopic (exact) mass is 385 g/mol. The minimum atomic E-state index is -3.47. The Balaban J connectivity index is 1.54. The lowest BCUT2D eigenvalue weighted by Gasteiger charge is -2.10. The number of hydrogen-bond donors (Lipinski definition) is 2. The third-order valence-corrected chi connectivity index (χ3v) is 5.25. The lowest BCUT2D eigenvalue weighted by Crippen LogP contribution is -2.18. The standard InChI is InChI=1S/C20H20FN3O2S/c21-19-9-5-4-8-17(19)14-22-20-11-10-18(15-23-20)24-27(25,26)13-12-16-6-2-1-3-7-16/h1-11,15,24H,12-14H2,(H,22,23). The fourth-order valence-corrected chi connectivity index (χ4v) is 3.60. The Morgan fingerprint density at radius 1 is 0.926 bits per heavy atom. The number of aromatic nitrogens is 1. The molecule has 0 amide bonds. The smallest absolute Gasteiger partial charge is 0.233 e. The summed E-state index contributed by atoms with van der Waals surface area (Å²) in [5, 5.41) is 3.01. The summed E-state index contributed by atoms with van der Waals surface area (Å²) in [6.07, 6.45) is 1.87. The number of sulfonamides is 1. The number of hydrogen-bond acceptors (Lipinski definition) is 4. The summed E-state index contributed by atoms with van der Waals surface area (Å²) in [7, 11) is -3.47. The molecule has 3 rings (SSSR count). The molecule has 2 aromatic carbocycles. The van der Waals surface area contributed by atoms with Crippen molar-refractivity contribution in [3.05, 3.63) is 89.9 Å². The Labute approximate surface area is 158 Å². The second-order valence-electron chi connectivity index (χ2n) is 6.03. The van der Waals surface area contributed by atoms with Crippen molar-refractivity contribution in [2.24, 2.45) is 0 Å². The first-order valence-electron chi connectivity index (χ1n) is 8.49. The van der Waals surface area contributed by atoms with Crippen LogP contribution in [0.2, 0.25) is 0 Å². The van der Waals surface area contributed by atoms with Gasteiger partial charge in [0.1, 0.15) is 11.6 Å². The minimum Gasteiger partial charge on any atom is -0.366 e. The topological polar surface area (TPSA) is 71.1 Å². The van der Waals surface area contributed by atoms with Crippen molar-refractivity contribution in [1.82, 2.24) is 4.98 Å². The quantitative estimate of drug-likeness (QED) is 0.618. The Kier molecular flexibility index (Phi) is 6.03. The number of aryl methyl sites for hydroxylation is 1. The zero-order chi connectivity index (χ0) is 19.1. The Morgan fingerprint density at radius 3 is 2.37 bits per heavy atom. The van der Waals surface area contributed by atoms with E-state index >= 15 is 0 Å². The molecule has 0 bridgehead atoms. The molecule has 0 fully saturated rings. The van der Waals surface area contributed by atoms with E-state index in [0.717, 1.165) is 5.56 Å².